The van der Waals surface area contributed by atoms with E-state index in [4.69, 9.17) is 9.47 Å². The Balaban J connectivity index is 2.90. The number of hydrogen-bond donors (Lipinski definition) is 1. The Bertz CT molecular complexity index is 425. The number of carbonyl (C=O) groups is 1. The van der Waals surface area contributed by atoms with Gasteiger partial charge in [0.25, 0.3) is 0 Å². The zero-order valence-electron chi connectivity index (χ0n) is 11.9. The van der Waals surface area contributed by atoms with Gasteiger partial charge in [0.15, 0.2) is 0 Å². The maximum absolute atomic E-state index is 11.9. The Morgan fingerprint density at radius 3 is 2.74 bits per heavy atom. The Labute approximate surface area is 113 Å². The molecule has 0 aliphatic heterocycles. The maximum Gasteiger partial charge on any atom is 0.331 e. The smallest absolute Gasteiger partial charge is 0.331 e. The van der Waals surface area contributed by atoms with Gasteiger partial charge in [0.1, 0.15) is 11.4 Å². The van der Waals surface area contributed by atoms with Crippen LogP contribution in [0.5, 0.6) is 5.88 Å². The van der Waals surface area contributed by atoms with E-state index >= 15 is 0 Å². The molecule has 1 rings (SSSR count). The second-order valence-corrected chi connectivity index (χ2v) is 4.37. The first-order chi connectivity index (χ1) is 9.05. The van der Waals surface area contributed by atoms with Gasteiger partial charge in [-0.05, 0) is 20.3 Å². The van der Waals surface area contributed by atoms with Gasteiger partial charge < -0.3 is 14.8 Å². The van der Waals surface area contributed by atoms with Crippen LogP contribution >= 0.6 is 0 Å². The fourth-order valence-corrected chi connectivity index (χ4v) is 1.85. The molecule has 1 aromatic heterocycles. The van der Waals surface area contributed by atoms with Gasteiger partial charge in [0, 0.05) is 0 Å². The number of anilines is 1. The van der Waals surface area contributed by atoms with Gasteiger partial charge in [0.05, 0.1) is 26.1 Å². The molecule has 6 nitrogen and oxygen atoms in total. The van der Waals surface area contributed by atoms with Gasteiger partial charge in [-0.3, -0.25) is 4.98 Å². The summed E-state index contributed by atoms with van der Waals surface area (Å²) < 4.78 is 10.1. The number of nitrogens with zero attached hydrogens (tertiary/aromatic N) is 2. The largest absolute Gasteiger partial charge is 0.477 e. The van der Waals surface area contributed by atoms with Crippen LogP contribution in [0, 0.1) is 0 Å². The summed E-state index contributed by atoms with van der Waals surface area (Å²) in [5, 5.41) is 3.08. The molecular weight excluding hydrogens is 246 g/mol. The standard InChI is InChI=1S/C13H21N3O3/c1-5-7-13(3,12(17)18-4)16-10-8-14-9-11(15-10)19-6-2/h8-9H,5-7H2,1-4H3,(H,15,16). The van der Waals surface area contributed by atoms with Gasteiger partial charge in [-0.1, -0.05) is 13.3 Å². The van der Waals surface area contributed by atoms with Crippen molar-refractivity contribution in [3.8, 4) is 5.88 Å². The van der Waals surface area contributed by atoms with Crippen molar-refractivity contribution in [2.24, 2.45) is 0 Å². The molecule has 0 saturated carbocycles. The number of rotatable bonds is 7. The zero-order valence-corrected chi connectivity index (χ0v) is 11.9. The van der Waals surface area contributed by atoms with Gasteiger partial charge in [-0.25, -0.2) is 4.79 Å². The first-order valence-electron chi connectivity index (χ1n) is 6.37. The summed E-state index contributed by atoms with van der Waals surface area (Å²) >= 11 is 0. The monoisotopic (exact) mass is 267 g/mol. The fourth-order valence-electron chi connectivity index (χ4n) is 1.85. The highest BCUT2D eigenvalue weighted by Crippen LogP contribution is 2.21. The van der Waals surface area contributed by atoms with E-state index in [2.05, 4.69) is 15.3 Å². The second kappa shape index (κ2) is 6.92. The summed E-state index contributed by atoms with van der Waals surface area (Å²) in [4.78, 5) is 20.1. The molecule has 19 heavy (non-hydrogen) atoms. The van der Waals surface area contributed by atoms with Crippen molar-refractivity contribution < 1.29 is 14.3 Å². The molecule has 1 atom stereocenters. The van der Waals surface area contributed by atoms with Crippen molar-refractivity contribution in [2.75, 3.05) is 19.0 Å². The lowest BCUT2D eigenvalue weighted by atomic mass is 9.96. The molecule has 6 heteroatoms. The number of nitrogens with one attached hydrogen (secondary N) is 1. The van der Waals surface area contributed by atoms with Crippen molar-refractivity contribution in [1.82, 2.24) is 9.97 Å². The molecule has 1 unspecified atom stereocenters. The van der Waals surface area contributed by atoms with Crippen molar-refractivity contribution in [2.45, 2.75) is 39.2 Å². The Kier molecular flexibility index (Phi) is 5.54. The van der Waals surface area contributed by atoms with E-state index in [0.29, 0.717) is 24.7 Å². The summed E-state index contributed by atoms with van der Waals surface area (Å²) in [6.45, 7) is 6.18. The molecule has 0 saturated heterocycles. The number of aromatic nitrogens is 2. The SMILES string of the molecule is CCCC(C)(Nc1cncc(OCC)n1)C(=O)OC. The van der Waals surface area contributed by atoms with Crippen LogP contribution in [0.1, 0.15) is 33.6 Å². The molecule has 0 spiro atoms. The fraction of sp³-hybridized carbons (Fsp3) is 0.615. The molecule has 0 fully saturated rings. The van der Waals surface area contributed by atoms with E-state index in [1.165, 1.54) is 13.3 Å². The normalized spacial score (nSPS) is 13.5. The van der Waals surface area contributed by atoms with Crippen molar-refractivity contribution >= 4 is 11.8 Å². The van der Waals surface area contributed by atoms with Crippen LogP contribution in [0.3, 0.4) is 0 Å². The molecule has 0 aliphatic carbocycles. The number of esters is 1. The van der Waals surface area contributed by atoms with Crippen LogP contribution in [0.25, 0.3) is 0 Å². The lowest BCUT2D eigenvalue weighted by Gasteiger charge is -2.27. The number of carbonyl (C=O) groups excluding carboxylic acids is 1. The first kappa shape index (κ1) is 15.2. The Morgan fingerprint density at radius 1 is 1.42 bits per heavy atom. The van der Waals surface area contributed by atoms with E-state index in [9.17, 15) is 4.79 Å². The zero-order chi connectivity index (χ0) is 14.3. The van der Waals surface area contributed by atoms with E-state index in [1.807, 2.05) is 13.8 Å². The second-order valence-electron chi connectivity index (χ2n) is 4.37. The van der Waals surface area contributed by atoms with Crippen LogP contribution in [0.4, 0.5) is 5.82 Å². The van der Waals surface area contributed by atoms with E-state index < -0.39 is 5.54 Å². The maximum atomic E-state index is 11.9. The molecule has 0 aromatic carbocycles. The van der Waals surface area contributed by atoms with Crippen LogP contribution in [0.2, 0.25) is 0 Å². The molecule has 1 N–H and O–H groups in total. The number of hydrogen-bond acceptors (Lipinski definition) is 6. The molecule has 106 valence electrons. The number of ether oxygens (including phenoxy) is 2. The molecular formula is C13H21N3O3. The predicted molar refractivity (Wildman–Crippen MR) is 72.2 cm³/mol. The van der Waals surface area contributed by atoms with Gasteiger partial charge in [0.2, 0.25) is 5.88 Å². The van der Waals surface area contributed by atoms with Crippen molar-refractivity contribution in [3.05, 3.63) is 12.4 Å². The van der Waals surface area contributed by atoms with E-state index in [-0.39, 0.29) is 5.97 Å². The molecule has 0 radical (unpaired) electrons. The third-order valence-corrected chi connectivity index (χ3v) is 2.69. The summed E-state index contributed by atoms with van der Waals surface area (Å²) in [7, 11) is 1.38. The molecule has 1 heterocycles. The third kappa shape index (κ3) is 4.08. The highest BCUT2D eigenvalue weighted by atomic mass is 16.5. The minimum Gasteiger partial charge on any atom is -0.477 e. The van der Waals surface area contributed by atoms with Crippen LogP contribution in [0.15, 0.2) is 12.4 Å². The topological polar surface area (TPSA) is 73.3 Å². The van der Waals surface area contributed by atoms with Gasteiger partial charge >= 0.3 is 5.97 Å². The van der Waals surface area contributed by atoms with Crippen LogP contribution in [-0.4, -0.2) is 35.2 Å². The summed E-state index contributed by atoms with van der Waals surface area (Å²) in [5.74, 6) is 0.599. The van der Waals surface area contributed by atoms with Crippen molar-refractivity contribution in [3.63, 3.8) is 0 Å². The molecule has 0 amide bonds. The molecule has 0 bridgehead atoms. The molecule has 1 aromatic rings. The minimum atomic E-state index is -0.816. The van der Waals surface area contributed by atoms with E-state index in [1.54, 1.807) is 13.1 Å². The van der Waals surface area contributed by atoms with Gasteiger partial charge in [-0.2, -0.15) is 4.98 Å². The quantitative estimate of drug-likeness (QED) is 0.762. The Morgan fingerprint density at radius 2 is 2.16 bits per heavy atom. The summed E-state index contributed by atoms with van der Waals surface area (Å²) in [5.41, 5.74) is -0.816. The van der Waals surface area contributed by atoms with Crippen LogP contribution < -0.4 is 10.1 Å². The Hall–Kier alpha value is -1.85. The average Bonchev–Trinajstić information content (AvgIpc) is 2.38. The average molecular weight is 267 g/mol. The third-order valence-electron chi connectivity index (χ3n) is 2.69. The van der Waals surface area contributed by atoms with Crippen molar-refractivity contribution in [1.29, 1.82) is 0 Å². The lowest BCUT2D eigenvalue weighted by molar-refractivity contribution is -0.145. The minimum absolute atomic E-state index is 0.321. The first-order valence-corrected chi connectivity index (χ1v) is 6.37. The van der Waals surface area contributed by atoms with E-state index in [0.717, 1.165) is 6.42 Å². The van der Waals surface area contributed by atoms with Crippen LogP contribution in [-0.2, 0) is 9.53 Å². The lowest BCUT2D eigenvalue weighted by Crippen LogP contribution is -2.44. The highest BCUT2D eigenvalue weighted by molar-refractivity contribution is 5.83. The summed E-state index contributed by atoms with van der Waals surface area (Å²) in [6, 6.07) is 0. The molecule has 0 aliphatic rings. The highest BCUT2D eigenvalue weighted by Gasteiger charge is 2.33. The predicted octanol–water partition coefficient (Wildman–Crippen LogP) is 2.02. The number of methoxy groups -OCH3 is 1. The van der Waals surface area contributed by atoms with Gasteiger partial charge in [-0.15, -0.1) is 0 Å². The summed E-state index contributed by atoms with van der Waals surface area (Å²) in [6.07, 6.45) is 4.57.